The number of aryl methyl sites for hydroxylation is 4. The second-order valence-electron chi connectivity index (χ2n) is 8.23. The number of phenolic OH excluding ortho intramolecular Hbond substituents is 1. The molecule has 0 atom stereocenters. The SMILES string of the molecule is COc1cc(Br)cc(/C=C2\SC(=Nc3ccc(C)c(C)c3)N(c3ccc(C)c(C)c3)C2=O)c1O. The summed E-state index contributed by atoms with van der Waals surface area (Å²) in [5.41, 5.74) is 6.57. The van der Waals surface area contributed by atoms with Gasteiger partial charge in [-0.15, -0.1) is 0 Å². The Morgan fingerprint density at radius 3 is 2.29 bits per heavy atom. The fraction of sp³-hybridized carbons (Fsp3) is 0.185. The second kappa shape index (κ2) is 9.68. The first-order valence-corrected chi connectivity index (χ1v) is 12.3. The average molecular weight is 537 g/mol. The van der Waals surface area contributed by atoms with E-state index in [2.05, 4.69) is 22.9 Å². The number of amides is 1. The summed E-state index contributed by atoms with van der Waals surface area (Å²) in [4.78, 5) is 20.5. The molecule has 0 spiro atoms. The summed E-state index contributed by atoms with van der Waals surface area (Å²) in [6.07, 6.45) is 1.67. The number of nitrogens with zero attached hydrogens (tertiary/aromatic N) is 2. The average Bonchev–Trinajstić information content (AvgIpc) is 3.09. The normalized spacial score (nSPS) is 16.1. The summed E-state index contributed by atoms with van der Waals surface area (Å²) >= 11 is 4.72. The van der Waals surface area contributed by atoms with Crippen molar-refractivity contribution >= 4 is 56.2 Å². The molecule has 0 aromatic heterocycles. The van der Waals surface area contributed by atoms with Crippen molar-refractivity contribution in [2.24, 2.45) is 4.99 Å². The van der Waals surface area contributed by atoms with Crippen LogP contribution in [0.2, 0.25) is 0 Å². The van der Waals surface area contributed by atoms with Crippen LogP contribution in [0.1, 0.15) is 27.8 Å². The number of hydrogen-bond donors (Lipinski definition) is 1. The molecular weight excluding hydrogens is 512 g/mol. The number of phenols is 1. The molecule has 0 radical (unpaired) electrons. The van der Waals surface area contributed by atoms with E-state index in [1.807, 2.05) is 57.2 Å². The Balaban J connectivity index is 1.84. The molecule has 174 valence electrons. The van der Waals surface area contributed by atoms with E-state index in [0.29, 0.717) is 21.4 Å². The van der Waals surface area contributed by atoms with Crippen molar-refractivity contribution in [2.45, 2.75) is 27.7 Å². The Bertz CT molecular complexity index is 1360. The molecule has 5 nitrogen and oxygen atoms in total. The largest absolute Gasteiger partial charge is 0.504 e. The van der Waals surface area contributed by atoms with Crippen molar-refractivity contribution in [3.05, 3.63) is 85.7 Å². The number of rotatable bonds is 4. The highest BCUT2D eigenvalue weighted by molar-refractivity contribution is 9.10. The Labute approximate surface area is 212 Å². The van der Waals surface area contributed by atoms with Crippen molar-refractivity contribution in [3.63, 3.8) is 0 Å². The van der Waals surface area contributed by atoms with E-state index in [1.165, 1.54) is 24.4 Å². The van der Waals surface area contributed by atoms with Gasteiger partial charge >= 0.3 is 0 Å². The number of thioether (sulfide) groups is 1. The molecule has 1 aliphatic heterocycles. The van der Waals surface area contributed by atoms with Gasteiger partial charge in [0.05, 0.1) is 23.4 Å². The molecule has 1 heterocycles. The number of halogens is 1. The molecule has 3 aromatic rings. The number of carbonyl (C=O) groups excluding carboxylic acids is 1. The highest BCUT2D eigenvalue weighted by Gasteiger charge is 2.35. The van der Waals surface area contributed by atoms with Gasteiger partial charge in [0, 0.05) is 10.0 Å². The van der Waals surface area contributed by atoms with Crippen LogP contribution in [0.5, 0.6) is 11.5 Å². The lowest BCUT2D eigenvalue weighted by molar-refractivity contribution is -0.113. The van der Waals surface area contributed by atoms with Gasteiger partial charge in [-0.2, -0.15) is 0 Å². The topological polar surface area (TPSA) is 62.1 Å². The summed E-state index contributed by atoms with van der Waals surface area (Å²) in [5.74, 6) is 0.102. The number of hydrogen-bond acceptors (Lipinski definition) is 5. The molecule has 4 rings (SSSR count). The second-order valence-corrected chi connectivity index (χ2v) is 10.2. The number of ether oxygens (including phenoxy) is 1. The molecule has 0 unspecified atom stereocenters. The van der Waals surface area contributed by atoms with Crippen molar-refractivity contribution in [1.82, 2.24) is 0 Å². The minimum atomic E-state index is -0.200. The van der Waals surface area contributed by atoms with Crippen LogP contribution in [-0.4, -0.2) is 23.3 Å². The minimum Gasteiger partial charge on any atom is -0.504 e. The Morgan fingerprint density at radius 1 is 0.971 bits per heavy atom. The van der Waals surface area contributed by atoms with Crippen LogP contribution >= 0.6 is 27.7 Å². The Hall–Kier alpha value is -3.03. The van der Waals surface area contributed by atoms with E-state index < -0.39 is 0 Å². The summed E-state index contributed by atoms with van der Waals surface area (Å²) in [6, 6.07) is 15.3. The quantitative estimate of drug-likeness (QED) is 0.358. The molecule has 1 saturated heterocycles. The number of carbonyl (C=O) groups is 1. The fourth-order valence-corrected chi connectivity index (χ4v) is 4.99. The van der Waals surface area contributed by atoms with E-state index >= 15 is 0 Å². The molecule has 1 N–H and O–H groups in total. The monoisotopic (exact) mass is 536 g/mol. The highest BCUT2D eigenvalue weighted by Crippen LogP contribution is 2.41. The fourth-order valence-electron chi connectivity index (χ4n) is 3.55. The number of methoxy groups -OCH3 is 1. The number of anilines is 1. The first kappa shape index (κ1) is 24.1. The summed E-state index contributed by atoms with van der Waals surface area (Å²) in [7, 11) is 1.49. The van der Waals surface area contributed by atoms with Gasteiger partial charge in [0.15, 0.2) is 16.7 Å². The zero-order valence-electron chi connectivity index (χ0n) is 19.6. The molecule has 7 heteroatoms. The number of amidine groups is 1. The summed E-state index contributed by atoms with van der Waals surface area (Å²) in [5, 5.41) is 11.2. The van der Waals surface area contributed by atoms with E-state index in [1.54, 1.807) is 23.1 Å². The van der Waals surface area contributed by atoms with Crippen LogP contribution < -0.4 is 9.64 Å². The summed E-state index contributed by atoms with van der Waals surface area (Å²) < 4.78 is 5.99. The van der Waals surface area contributed by atoms with Crippen molar-refractivity contribution in [2.75, 3.05) is 12.0 Å². The lowest BCUT2D eigenvalue weighted by atomic mass is 10.1. The lowest BCUT2D eigenvalue weighted by Gasteiger charge is -2.17. The predicted octanol–water partition coefficient (Wildman–Crippen LogP) is 7.21. The Kier molecular flexibility index (Phi) is 6.86. The third-order valence-corrected chi connectivity index (χ3v) is 7.27. The van der Waals surface area contributed by atoms with Crippen LogP contribution in [-0.2, 0) is 4.79 Å². The number of aromatic hydroxyl groups is 1. The molecule has 1 amide bonds. The molecule has 0 saturated carbocycles. The molecule has 3 aromatic carbocycles. The Morgan fingerprint density at radius 2 is 1.65 bits per heavy atom. The molecule has 1 aliphatic rings. The standard InChI is InChI=1S/C27H25BrN2O3S/c1-15-6-8-21(10-17(15)3)29-27-30(22-9-7-16(2)18(4)11-22)26(32)24(34-27)13-19-12-20(28)14-23(33-5)25(19)31/h6-14,31H,1-5H3/b24-13-,29-27?. The van der Waals surface area contributed by atoms with Crippen LogP contribution in [0.3, 0.4) is 0 Å². The minimum absolute atomic E-state index is 0.0242. The van der Waals surface area contributed by atoms with Crippen LogP contribution in [0.15, 0.2) is 62.9 Å². The molecular formula is C27H25BrN2O3S. The van der Waals surface area contributed by atoms with E-state index in [4.69, 9.17) is 9.73 Å². The van der Waals surface area contributed by atoms with Crippen molar-refractivity contribution in [3.8, 4) is 11.5 Å². The predicted molar refractivity (Wildman–Crippen MR) is 144 cm³/mol. The molecule has 34 heavy (non-hydrogen) atoms. The summed E-state index contributed by atoms with van der Waals surface area (Å²) in [6.45, 7) is 8.16. The maximum atomic E-state index is 13.6. The van der Waals surface area contributed by atoms with E-state index in [0.717, 1.165) is 32.5 Å². The van der Waals surface area contributed by atoms with E-state index in [9.17, 15) is 9.90 Å². The van der Waals surface area contributed by atoms with Crippen molar-refractivity contribution in [1.29, 1.82) is 0 Å². The van der Waals surface area contributed by atoms with Gasteiger partial charge in [-0.3, -0.25) is 9.69 Å². The van der Waals surface area contributed by atoms with Gasteiger partial charge in [-0.05, 0) is 104 Å². The first-order valence-electron chi connectivity index (χ1n) is 10.7. The smallest absolute Gasteiger partial charge is 0.271 e. The van der Waals surface area contributed by atoms with Gasteiger partial charge in [-0.25, -0.2) is 4.99 Å². The maximum absolute atomic E-state index is 13.6. The van der Waals surface area contributed by atoms with Crippen LogP contribution in [0.25, 0.3) is 6.08 Å². The third-order valence-electron chi connectivity index (χ3n) is 5.85. The van der Waals surface area contributed by atoms with Gasteiger partial charge in [0.1, 0.15) is 0 Å². The van der Waals surface area contributed by atoms with Gasteiger partial charge in [-0.1, -0.05) is 28.1 Å². The van der Waals surface area contributed by atoms with Crippen LogP contribution in [0, 0.1) is 27.7 Å². The van der Waals surface area contributed by atoms with E-state index in [-0.39, 0.29) is 11.7 Å². The van der Waals surface area contributed by atoms with Gasteiger partial charge in [0.25, 0.3) is 5.91 Å². The highest BCUT2D eigenvalue weighted by atomic mass is 79.9. The molecule has 1 fully saturated rings. The van der Waals surface area contributed by atoms with Crippen LogP contribution in [0.4, 0.5) is 11.4 Å². The maximum Gasteiger partial charge on any atom is 0.271 e. The number of benzene rings is 3. The third kappa shape index (κ3) is 4.76. The first-order chi connectivity index (χ1) is 16.2. The van der Waals surface area contributed by atoms with Gasteiger partial charge in [0.2, 0.25) is 0 Å². The zero-order chi connectivity index (χ0) is 24.6. The zero-order valence-corrected chi connectivity index (χ0v) is 22.0. The molecule has 0 bridgehead atoms. The van der Waals surface area contributed by atoms with Gasteiger partial charge < -0.3 is 9.84 Å². The number of aliphatic imine (C=N–C) groups is 1. The molecule has 0 aliphatic carbocycles. The lowest BCUT2D eigenvalue weighted by Crippen LogP contribution is -2.28. The van der Waals surface area contributed by atoms with Crippen molar-refractivity contribution < 1.29 is 14.6 Å².